The topological polar surface area (TPSA) is 62.2 Å². The summed E-state index contributed by atoms with van der Waals surface area (Å²) in [7, 11) is 0. The van der Waals surface area contributed by atoms with Crippen LogP contribution in [0.4, 0.5) is 5.69 Å². The predicted octanol–water partition coefficient (Wildman–Crippen LogP) is 3.65. The Balaban J connectivity index is 2.28. The summed E-state index contributed by atoms with van der Waals surface area (Å²) in [5.74, 6) is -0.676. The van der Waals surface area contributed by atoms with Crippen LogP contribution in [0.15, 0.2) is 30.5 Å². The molecule has 2 aromatic rings. The van der Waals surface area contributed by atoms with Crippen LogP contribution < -0.4 is 5.32 Å². The van der Waals surface area contributed by atoms with E-state index in [0.29, 0.717) is 10.7 Å². The zero-order valence-electron chi connectivity index (χ0n) is 9.95. The van der Waals surface area contributed by atoms with Gasteiger partial charge in [-0.2, -0.15) is 0 Å². The number of rotatable bonds is 2. The summed E-state index contributed by atoms with van der Waals surface area (Å²) in [6.45, 7) is 1.83. The number of hydrogen-bond acceptors (Lipinski definition) is 3. The van der Waals surface area contributed by atoms with Gasteiger partial charge in [-0.25, -0.2) is 4.98 Å². The van der Waals surface area contributed by atoms with Gasteiger partial charge in [0.25, 0.3) is 5.91 Å². The van der Waals surface area contributed by atoms with Crippen LogP contribution in [-0.2, 0) is 0 Å². The van der Waals surface area contributed by atoms with Crippen molar-refractivity contribution in [2.75, 3.05) is 5.32 Å². The maximum atomic E-state index is 12.0. The lowest BCUT2D eigenvalue weighted by Crippen LogP contribution is -2.12. The van der Waals surface area contributed by atoms with Gasteiger partial charge in [0.2, 0.25) is 0 Å². The number of aromatic nitrogens is 1. The highest BCUT2D eigenvalue weighted by atomic mass is 35.5. The van der Waals surface area contributed by atoms with E-state index in [1.54, 1.807) is 12.3 Å². The first-order chi connectivity index (χ1) is 8.97. The summed E-state index contributed by atoms with van der Waals surface area (Å²) >= 11 is 11.6. The number of nitrogens with zero attached hydrogens (tertiary/aromatic N) is 1. The molecule has 2 rings (SSSR count). The molecule has 0 saturated carbocycles. The van der Waals surface area contributed by atoms with Crippen molar-refractivity contribution in [2.45, 2.75) is 6.92 Å². The number of nitrogens with one attached hydrogen (secondary N) is 1. The van der Waals surface area contributed by atoms with Crippen LogP contribution in [0.25, 0.3) is 0 Å². The number of pyridine rings is 1. The highest BCUT2D eigenvalue weighted by molar-refractivity contribution is 6.33. The Bertz CT molecular complexity index is 645. The summed E-state index contributed by atoms with van der Waals surface area (Å²) in [4.78, 5) is 15.9. The largest absolute Gasteiger partial charge is 0.507 e. The van der Waals surface area contributed by atoms with Crippen LogP contribution in [0.3, 0.4) is 0 Å². The third-order valence-corrected chi connectivity index (χ3v) is 2.96. The van der Waals surface area contributed by atoms with Gasteiger partial charge in [-0.1, -0.05) is 23.2 Å². The number of phenolic OH excluding ortho intramolecular Hbond substituents is 1. The first-order valence-electron chi connectivity index (χ1n) is 5.39. The van der Waals surface area contributed by atoms with Crippen molar-refractivity contribution in [3.63, 3.8) is 0 Å². The third-order valence-electron chi connectivity index (χ3n) is 2.43. The molecule has 1 aromatic carbocycles. The summed E-state index contributed by atoms with van der Waals surface area (Å²) in [6, 6.07) is 5.95. The molecule has 0 spiro atoms. The van der Waals surface area contributed by atoms with Gasteiger partial charge >= 0.3 is 0 Å². The van der Waals surface area contributed by atoms with E-state index in [2.05, 4.69) is 10.3 Å². The monoisotopic (exact) mass is 296 g/mol. The number of benzene rings is 1. The van der Waals surface area contributed by atoms with Gasteiger partial charge in [0.05, 0.1) is 11.3 Å². The van der Waals surface area contributed by atoms with Crippen LogP contribution in [0.5, 0.6) is 5.75 Å². The quantitative estimate of drug-likeness (QED) is 0.832. The van der Waals surface area contributed by atoms with E-state index >= 15 is 0 Å². The Morgan fingerprint density at radius 3 is 2.74 bits per heavy atom. The number of anilines is 1. The van der Waals surface area contributed by atoms with Crippen molar-refractivity contribution in [1.82, 2.24) is 4.98 Å². The Labute approximate surface area is 120 Å². The van der Waals surface area contributed by atoms with E-state index < -0.39 is 5.91 Å². The molecule has 4 nitrogen and oxygen atoms in total. The number of aryl methyl sites for hydroxylation is 1. The molecule has 0 atom stereocenters. The Kier molecular flexibility index (Phi) is 3.93. The van der Waals surface area contributed by atoms with E-state index in [0.717, 1.165) is 5.56 Å². The molecule has 1 amide bonds. The molecule has 98 valence electrons. The van der Waals surface area contributed by atoms with Crippen LogP contribution in [0, 0.1) is 6.92 Å². The number of amides is 1. The van der Waals surface area contributed by atoms with E-state index in [9.17, 15) is 9.90 Å². The molecular weight excluding hydrogens is 287 g/mol. The number of hydrogen-bond donors (Lipinski definition) is 2. The highest BCUT2D eigenvalue weighted by Gasteiger charge is 2.13. The lowest BCUT2D eigenvalue weighted by atomic mass is 10.2. The number of carbonyl (C=O) groups is 1. The minimum absolute atomic E-state index is 0.113. The molecule has 1 aromatic heterocycles. The second-order valence-electron chi connectivity index (χ2n) is 3.97. The second-order valence-corrected chi connectivity index (χ2v) is 4.76. The first-order valence-corrected chi connectivity index (χ1v) is 6.15. The lowest BCUT2D eigenvalue weighted by Gasteiger charge is -2.08. The van der Waals surface area contributed by atoms with Crippen LogP contribution in [-0.4, -0.2) is 16.0 Å². The summed E-state index contributed by atoms with van der Waals surface area (Å²) in [5, 5.41) is 12.8. The summed E-state index contributed by atoms with van der Waals surface area (Å²) in [5.41, 5.74) is 1.36. The fourth-order valence-corrected chi connectivity index (χ4v) is 1.84. The van der Waals surface area contributed by atoms with Gasteiger partial charge in [-0.15, -0.1) is 0 Å². The van der Waals surface area contributed by atoms with E-state index in [1.165, 1.54) is 18.2 Å². The molecule has 6 heteroatoms. The normalized spacial score (nSPS) is 10.3. The molecule has 0 aliphatic rings. The molecule has 0 saturated heterocycles. The van der Waals surface area contributed by atoms with Crippen molar-refractivity contribution >= 4 is 34.8 Å². The molecule has 0 bridgehead atoms. The van der Waals surface area contributed by atoms with Crippen molar-refractivity contribution in [3.8, 4) is 5.75 Å². The van der Waals surface area contributed by atoms with Crippen LogP contribution in [0.1, 0.15) is 15.9 Å². The maximum absolute atomic E-state index is 12.0. The molecule has 0 unspecified atom stereocenters. The molecule has 2 N–H and O–H groups in total. The van der Waals surface area contributed by atoms with Crippen molar-refractivity contribution < 1.29 is 9.90 Å². The van der Waals surface area contributed by atoms with Crippen LogP contribution >= 0.6 is 23.2 Å². The van der Waals surface area contributed by atoms with Crippen molar-refractivity contribution in [2.24, 2.45) is 0 Å². The fraction of sp³-hybridized carbons (Fsp3) is 0.0769. The van der Waals surface area contributed by atoms with Crippen molar-refractivity contribution in [1.29, 1.82) is 0 Å². The van der Waals surface area contributed by atoms with E-state index in [-0.39, 0.29) is 16.5 Å². The SMILES string of the molecule is Cc1cnc(Cl)c(NC(=O)c2ccc(Cl)cc2O)c1. The highest BCUT2D eigenvalue weighted by Crippen LogP contribution is 2.25. The van der Waals surface area contributed by atoms with Crippen molar-refractivity contribution in [3.05, 3.63) is 51.8 Å². The van der Waals surface area contributed by atoms with E-state index in [4.69, 9.17) is 23.2 Å². The lowest BCUT2D eigenvalue weighted by molar-refractivity contribution is 0.102. The van der Waals surface area contributed by atoms with Gasteiger partial charge in [-0.3, -0.25) is 4.79 Å². The molecule has 0 aliphatic carbocycles. The molecule has 0 fully saturated rings. The molecule has 0 radical (unpaired) electrons. The third kappa shape index (κ3) is 3.16. The maximum Gasteiger partial charge on any atom is 0.259 e. The zero-order valence-corrected chi connectivity index (χ0v) is 11.5. The fourth-order valence-electron chi connectivity index (χ4n) is 1.53. The van der Waals surface area contributed by atoms with Gasteiger partial charge in [0, 0.05) is 11.2 Å². The minimum atomic E-state index is -0.483. The van der Waals surface area contributed by atoms with E-state index in [1.807, 2.05) is 6.92 Å². The number of phenols is 1. The smallest absolute Gasteiger partial charge is 0.259 e. The van der Waals surface area contributed by atoms with Gasteiger partial charge < -0.3 is 10.4 Å². The summed E-state index contributed by atoms with van der Waals surface area (Å²) in [6.07, 6.45) is 1.59. The predicted molar refractivity (Wildman–Crippen MR) is 75.1 cm³/mol. The first kappa shape index (κ1) is 13.6. The van der Waals surface area contributed by atoms with Gasteiger partial charge in [0.15, 0.2) is 5.15 Å². The molecule has 1 heterocycles. The van der Waals surface area contributed by atoms with Gasteiger partial charge in [0.1, 0.15) is 5.75 Å². The van der Waals surface area contributed by atoms with Crippen LogP contribution in [0.2, 0.25) is 10.2 Å². The Morgan fingerprint density at radius 2 is 2.05 bits per heavy atom. The molecular formula is C13H10Cl2N2O2. The zero-order chi connectivity index (χ0) is 14.0. The number of carbonyl (C=O) groups excluding carboxylic acids is 1. The summed E-state index contributed by atoms with van der Waals surface area (Å²) < 4.78 is 0. The molecule has 19 heavy (non-hydrogen) atoms. The second kappa shape index (κ2) is 5.47. The Morgan fingerprint density at radius 1 is 1.32 bits per heavy atom. The molecule has 0 aliphatic heterocycles. The van der Waals surface area contributed by atoms with Gasteiger partial charge in [-0.05, 0) is 36.8 Å². The Hall–Kier alpha value is -1.78. The standard InChI is InChI=1S/C13H10Cl2N2O2/c1-7-4-10(12(15)16-6-7)17-13(19)9-3-2-8(14)5-11(9)18/h2-6,18H,1H3,(H,17,19). The minimum Gasteiger partial charge on any atom is -0.507 e. The average Bonchev–Trinajstić information content (AvgIpc) is 2.33. The number of aromatic hydroxyl groups is 1. The average molecular weight is 297 g/mol. The number of halogens is 2.